The van der Waals surface area contributed by atoms with Crippen LogP contribution in [0.15, 0.2) is 23.1 Å². The van der Waals surface area contributed by atoms with E-state index in [1.807, 2.05) is 44.4 Å². The van der Waals surface area contributed by atoms with E-state index in [1.165, 1.54) is 0 Å². The molecule has 1 aromatic rings. The molecule has 5 atom stereocenters. The van der Waals surface area contributed by atoms with Crippen molar-refractivity contribution in [2.45, 2.75) is 66.6 Å². The Balaban J connectivity index is 2.18. The number of aryl methyl sites for hydroxylation is 1. The molecule has 2 N–H and O–H groups in total. The average Bonchev–Trinajstić information content (AvgIpc) is 3.13. The number of Topliss-reactive ketones (excluding diaryl/α,β-unsaturated/α-hetero) is 1. The van der Waals surface area contributed by atoms with E-state index in [0.717, 1.165) is 16.3 Å². The van der Waals surface area contributed by atoms with E-state index in [4.69, 9.17) is 4.74 Å². The number of rotatable bonds is 4. The normalized spacial score (nSPS) is 31.0. The minimum atomic E-state index is -1.23. The van der Waals surface area contributed by atoms with E-state index >= 15 is 0 Å². The number of aliphatic hydroxyl groups is 2. The number of carbonyl (C=O) groups excluding carboxylic acids is 2. The molecule has 0 saturated carbocycles. The Morgan fingerprint density at radius 1 is 1.29 bits per heavy atom. The van der Waals surface area contributed by atoms with Crippen LogP contribution in [0, 0.1) is 30.1 Å². The van der Waals surface area contributed by atoms with Crippen LogP contribution in [0.4, 0.5) is 0 Å². The first-order valence-electron chi connectivity index (χ1n) is 10.8. The lowest BCUT2D eigenvalue weighted by atomic mass is 9.70. The van der Waals surface area contributed by atoms with Crippen LogP contribution in [-0.2, 0) is 14.3 Å². The van der Waals surface area contributed by atoms with Crippen molar-refractivity contribution in [3.05, 3.63) is 33.8 Å². The first kappa shape index (κ1) is 25.4. The van der Waals surface area contributed by atoms with Gasteiger partial charge in [0.25, 0.3) is 0 Å². The van der Waals surface area contributed by atoms with Crippen molar-refractivity contribution >= 4 is 29.2 Å². The van der Waals surface area contributed by atoms with Crippen LogP contribution in [0.5, 0.6) is 0 Å². The van der Waals surface area contributed by atoms with Gasteiger partial charge in [-0.15, -0.1) is 11.3 Å². The lowest BCUT2D eigenvalue weighted by Gasteiger charge is -2.36. The van der Waals surface area contributed by atoms with Gasteiger partial charge in [-0.2, -0.15) is 0 Å². The van der Waals surface area contributed by atoms with Gasteiger partial charge >= 0.3 is 5.97 Å². The van der Waals surface area contributed by atoms with Crippen LogP contribution in [-0.4, -0.2) is 45.8 Å². The van der Waals surface area contributed by atoms with Gasteiger partial charge in [0.05, 0.1) is 34.2 Å². The average molecular weight is 450 g/mol. The Morgan fingerprint density at radius 3 is 2.55 bits per heavy atom. The number of ether oxygens (including phenoxy) is 1. The maximum Gasteiger partial charge on any atom is 0.312 e. The van der Waals surface area contributed by atoms with Crippen molar-refractivity contribution in [2.24, 2.45) is 23.2 Å². The summed E-state index contributed by atoms with van der Waals surface area (Å²) < 4.78 is 5.50. The third kappa shape index (κ3) is 6.34. The Labute approximate surface area is 189 Å². The molecule has 1 aliphatic carbocycles. The Morgan fingerprint density at radius 2 is 1.94 bits per heavy atom. The summed E-state index contributed by atoms with van der Waals surface area (Å²) in [7, 11) is 0. The molecule has 0 radical (unpaired) electrons. The number of esters is 1. The van der Waals surface area contributed by atoms with Crippen LogP contribution in [0.1, 0.15) is 58.2 Å². The van der Waals surface area contributed by atoms with Gasteiger partial charge in [-0.1, -0.05) is 39.8 Å². The molecule has 172 valence electrons. The van der Waals surface area contributed by atoms with Crippen molar-refractivity contribution in [3.63, 3.8) is 0 Å². The van der Waals surface area contributed by atoms with Gasteiger partial charge in [-0.25, -0.2) is 4.98 Å². The molecule has 2 rings (SSSR count). The summed E-state index contributed by atoms with van der Waals surface area (Å²) >= 11 is 1.55. The van der Waals surface area contributed by atoms with Crippen LogP contribution in [0.25, 0.3) is 6.08 Å². The predicted molar refractivity (Wildman–Crippen MR) is 122 cm³/mol. The van der Waals surface area contributed by atoms with Gasteiger partial charge in [0.15, 0.2) is 0 Å². The molecule has 0 fully saturated rings. The summed E-state index contributed by atoms with van der Waals surface area (Å²) in [6, 6.07) is 0. The zero-order valence-electron chi connectivity index (χ0n) is 19.3. The highest BCUT2D eigenvalue weighted by Gasteiger charge is 2.46. The fourth-order valence-electron chi connectivity index (χ4n) is 3.96. The second-order valence-corrected chi connectivity index (χ2v) is 10.3. The van der Waals surface area contributed by atoms with Crippen LogP contribution >= 0.6 is 11.3 Å². The maximum absolute atomic E-state index is 13.1. The molecule has 0 unspecified atom stereocenters. The van der Waals surface area contributed by atoms with E-state index < -0.39 is 35.4 Å². The number of hydrogen-bond acceptors (Lipinski definition) is 7. The molecular weight excluding hydrogens is 414 g/mol. The number of hydrogen-bond donors (Lipinski definition) is 2. The van der Waals surface area contributed by atoms with Gasteiger partial charge in [0, 0.05) is 11.3 Å². The van der Waals surface area contributed by atoms with Gasteiger partial charge in [0.1, 0.15) is 12.4 Å². The third-order valence-electron chi connectivity index (χ3n) is 6.10. The highest BCUT2D eigenvalue weighted by atomic mass is 32.1. The van der Waals surface area contributed by atoms with Gasteiger partial charge in [-0.05, 0) is 44.3 Å². The van der Waals surface area contributed by atoms with Crippen molar-refractivity contribution in [1.29, 1.82) is 0 Å². The van der Waals surface area contributed by atoms with Crippen LogP contribution in [0.3, 0.4) is 0 Å². The van der Waals surface area contributed by atoms with Crippen molar-refractivity contribution < 1.29 is 24.5 Å². The van der Waals surface area contributed by atoms with Crippen LogP contribution < -0.4 is 0 Å². The molecule has 0 saturated heterocycles. The topological polar surface area (TPSA) is 96.7 Å². The lowest BCUT2D eigenvalue weighted by Crippen LogP contribution is -2.49. The minimum absolute atomic E-state index is 0.0862. The number of thiazole rings is 1. The molecule has 0 spiro atoms. The highest BCUT2D eigenvalue weighted by Crippen LogP contribution is 2.35. The molecule has 6 nitrogen and oxygen atoms in total. The van der Waals surface area contributed by atoms with E-state index in [1.54, 1.807) is 32.1 Å². The molecule has 0 aromatic carbocycles. The molecule has 1 heterocycles. The molecule has 0 amide bonds. The monoisotopic (exact) mass is 449 g/mol. The number of allylic oxidation sites excluding steroid dienone is 2. The molecule has 1 aliphatic rings. The zero-order valence-corrected chi connectivity index (χ0v) is 20.1. The summed E-state index contributed by atoms with van der Waals surface area (Å²) in [5.74, 6) is -2.42. The number of nitrogens with zero attached hydrogens (tertiary/aromatic N) is 1. The fraction of sp³-hybridized carbons (Fsp3) is 0.625. The van der Waals surface area contributed by atoms with E-state index in [0.29, 0.717) is 6.42 Å². The minimum Gasteiger partial charge on any atom is -0.461 e. The van der Waals surface area contributed by atoms with E-state index in [-0.39, 0.29) is 24.7 Å². The zero-order chi connectivity index (χ0) is 23.3. The molecule has 31 heavy (non-hydrogen) atoms. The van der Waals surface area contributed by atoms with Crippen molar-refractivity contribution in [3.8, 4) is 0 Å². The second kappa shape index (κ2) is 10.7. The van der Waals surface area contributed by atoms with Crippen molar-refractivity contribution in [2.75, 3.05) is 6.61 Å². The first-order chi connectivity index (χ1) is 14.4. The number of ketones is 1. The number of carbonyl (C=O) groups is 2. The molecule has 1 aromatic heterocycles. The number of aliphatic hydroxyl groups excluding tert-OH is 2. The Bertz CT molecular complexity index is 841. The van der Waals surface area contributed by atoms with Crippen LogP contribution in [0.2, 0.25) is 0 Å². The standard InChI is InChI=1S/C24H35NO5S/c1-14(11-18-13-31-17(4)25-18)12-30-23(29)19-10-8-7-9-15(2)20(26)16(3)21(27)24(5,6)22(19)28/h7-8,11,13,15-16,19-20,22,26,28H,9-10,12H2,1-6H3/b8-7-,14-11+/t15-,16+,19-,20-,22-/m0/s1. The fourth-order valence-corrected chi connectivity index (χ4v) is 4.53. The molecule has 7 heteroatoms. The molecular formula is C24H35NO5S. The lowest BCUT2D eigenvalue weighted by molar-refractivity contribution is -0.158. The van der Waals surface area contributed by atoms with Gasteiger partial charge in [-0.3, -0.25) is 9.59 Å². The Kier molecular flexibility index (Phi) is 8.74. The predicted octanol–water partition coefficient (Wildman–Crippen LogP) is 3.95. The maximum atomic E-state index is 13.1. The Hall–Kier alpha value is -1.83. The largest absolute Gasteiger partial charge is 0.461 e. The van der Waals surface area contributed by atoms with Crippen molar-refractivity contribution in [1.82, 2.24) is 4.98 Å². The summed E-state index contributed by atoms with van der Waals surface area (Å²) in [6.45, 7) is 10.7. The van der Waals surface area contributed by atoms with E-state index in [9.17, 15) is 19.8 Å². The second-order valence-electron chi connectivity index (χ2n) is 9.23. The summed E-state index contributed by atoms with van der Waals surface area (Å²) in [5, 5.41) is 24.5. The highest BCUT2D eigenvalue weighted by molar-refractivity contribution is 7.09. The molecule has 0 bridgehead atoms. The smallest absolute Gasteiger partial charge is 0.312 e. The van der Waals surface area contributed by atoms with E-state index in [2.05, 4.69) is 4.98 Å². The summed E-state index contributed by atoms with van der Waals surface area (Å²) in [6.07, 6.45) is 4.40. The SMILES string of the molecule is C/C(=C\c1csc(C)n1)COC(=O)[C@H]1C/C=C\C[C@H](C)[C@H](O)[C@@H](C)C(=O)C(C)(C)[C@H]1O. The quantitative estimate of drug-likeness (QED) is 0.534. The van der Waals surface area contributed by atoms with Gasteiger partial charge < -0.3 is 14.9 Å². The summed E-state index contributed by atoms with van der Waals surface area (Å²) in [4.78, 5) is 30.4. The number of aromatic nitrogens is 1. The van der Waals surface area contributed by atoms with Gasteiger partial charge in [0.2, 0.25) is 0 Å². The molecule has 0 aliphatic heterocycles. The summed E-state index contributed by atoms with van der Waals surface area (Å²) in [5.41, 5.74) is 0.453. The first-order valence-corrected chi connectivity index (χ1v) is 11.6. The third-order valence-corrected chi connectivity index (χ3v) is 6.90.